The van der Waals surface area contributed by atoms with Gasteiger partial charge in [0, 0.05) is 19.5 Å². The molecule has 27 heavy (non-hydrogen) atoms. The van der Waals surface area contributed by atoms with Crippen molar-refractivity contribution < 1.29 is 17.9 Å². The highest BCUT2D eigenvalue weighted by molar-refractivity contribution is 7.89. The topological polar surface area (TPSA) is 96.5 Å². The van der Waals surface area contributed by atoms with Crippen LogP contribution in [0.2, 0.25) is 0 Å². The molecule has 1 aliphatic rings. The average Bonchev–Trinajstić information content (AvgIpc) is 2.63. The smallest absolute Gasteiger partial charge is 0.240 e. The molecule has 154 valence electrons. The van der Waals surface area contributed by atoms with Gasteiger partial charge in [0.15, 0.2) is 0 Å². The van der Waals surface area contributed by atoms with E-state index in [2.05, 4.69) is 15.4 Å². The zero-order valence-corrected chi connectivity index (χ0v) is 17.3. The molecule has 1 amide bonds. The third kappa shape index (κ3) is 8.47. The van der Waals surface area contributed by atoms with Gasteiger partial charge in [-0.3, -0.25) is 4.79 Å². The molecule has 0 saturated carbocycles. The summed E-state index contributed by atoms with van der Waals surface area (Å²) in [6.07, 6.45) is 3.46. The maximum Gasteiger partial charge on any atom is 0.240 e. The van der Waals surface area contributed by atoms with Gasteiger partial charge in [0.25, 0.3) is 0 Å². The van der Waals surface area contributed by atoms with Crippen LogP contribution in [0.5, 0.6) is 5.75 Å². The summed E-state index contributed by atoms with van der Waals surface area (Å²) in [5, 5.41) is 6.21. The lowest BCUT2D eigenvalue weighted by Crippen LogP contribution is -2.34. The van der Waals surface area contributed by atoms with E-state index in [1.54, 1.807) is 12.1 Å². The molecular weight excluding hydrogens is 390 g/mol. The molecule has 1 unspecified atom stereocenters. The Morgan fingerprint density at radius 3 is 2.63 bits per heavy atom. The summed E-state index contributed by atoms with van der Waals surface area (Å²) in [5.74, 6) is 1.10. The van der Waals surface area contributed by atoms with Crippen LogP contribution in [0, 0.1) is 5.92 Å². The lowest BCUT2D eigenvalue weighted by molar-refractivity contribution is -0.120. The van der Waals surface area contributed by atoms with Gasteiger partial charge in [-0.2, -0.15) is 0 Å². The largest absolute Gasteiger partial charge is 0.494 e. The molecule has 1 heterocycles. The summed E-state index contributed by atoms with van der Waals surface area (Å²) in [6.45, 7) is 5.19. The number of carbonyl (C=O) groups excluding carboxylic acids is 1. The van der Waals surface area contributed by atoms with Crippen LogP contribution in [-0.4, -0.2) is 47.1 Å². The molecule has 2 rings (SSSR count). The van der Waals surface area contributed by atoms with E-state index in [0.29, 0.717) is 24.8 Å². The van der Waals surface area contributed by atoms with E-state index in [9.17, 15) is 13.2 Å². The number of hydrogen-bond donors (Lipinski definition) is 3. The Morgan fingerprint density at radius 1 is 1.26 bits per heavy atom. The minimum atomic E-state index is -3.62. The van der Waals surface area contributed by atoms with Crippen LogP contribution in [-0.2, 0) is 14.8 Å². The normalized spacial score (nSPS) is 17.0. The first-order valence-electron chi connectivity index (χ1n) is 9.21. The molecule has 9 heteroatoms. The summed E-state index contributed by atoms with van der Waals surface area (Å²) < 4.78 is 32.2. The van der Waals surface area contributed by atoms with Crippen molar-refractivity contribution >= 4 is 28.3 Å². The predicted molar refractivity (Wildman–Crippen MR) is 108 cm³/mol. The number of rotatable bonds is 10. The first-order chi connectivity index (χ1) is 12.5. The van der Waals surface area contributed by atoms with Gasteiger partial charge in [0.1, 0.15) is 5.75 Å². The number of carbonyl (C=O) groups is 1. The van der Waals surface area contributed by atoms with E-state index in [-0.39, 0.29) is 36.2 Å². The monoisotopic (exact) mass is 419 g/mol. The highest BCUT2D eigenvalue weighted by Gasteiger charge is 2.15. The van der Waals surface area contributed by atoms with Gasteiger partial charge in [-0.1, -0.05) is 0 Å². The number of halogens is 1. The first-order valence-corrected chi connectivity index (χ1v) is 10.7. The van der Waals surface area contributed by atoms with Gasteiger partial charge in [-0.05, 0) is 69.5 Å². The Kier molecular flexibility index (Phi) is 10.7. The van der Waals surface area contributed by atoms with Crippen molar-refractivity contribution in [3.63, 3.8) is 0 Å². The molecule has 1 aromatic carbocycles. The molecule has 1 saturated heterocycles. The summed E-state index contributed by atoms with van der Waals surface area (Å²) >= 11 is 0. The molecule has 1 aromatic rings. The highest BCUT2D eigenvalue weighted by Crippen LogP contribution is 2.16. The summed E-state index contributed by atoms with van der Waals surface area (Å²) in [6, 6.07) is 6.22. The van der Waals surface area contributed by atoms with Crippen molar-refractivity contribution in [2.45, 2.75) is 37.5 Å². The number of hydrogen-bond acceptors (Lipinski definition) is 5. The van der Waals surface area contributed by atoms with Crippen LogP contribution < -0.4 is 20.1 Å². The third-order valence-corrected chi connectivity index (χ3v) is 5.84. The minimum absolute atomic E-state index is 0. The van der Waals surface area contributed by atoms with Gasteiger partial charge in [-0.25, -0.2) is 13.1 Å². The van der Waals surface area contributed by atoms with Gasteiger partial charge in [0.05, 0.1) is 11.5 Å². The number of ether oxygens (including phenoxy) is 1. The Labute approximate surface area is 168 Å². The zero-order chi connectivity index (χ0) is 18.8. The van der Waals surface area contributed by atoms with E-state index < -0.39 is 10.0 Å². The Morgan fingerprint density at radius 2 is 2.00 bits per heavy atom. The van der Waals surface area contributed by atoms with Crippen molar-refractivity contribution in [3.05, 3.63) is 24.3 Å². The molecule has 1 fully saturated rings. The number of benzene rings is 1. The van der Waals surface area contributed by atoms with Crippen LogP contribution in [0.15, 0.2) is 29.2 Å². The first kappa shape index (κ1) is 23.7. The van der Waals surface area contributed by atoms with Crippen molar-refractivity contribution in [2.75, 3.05) is 32.8 Å². The Bertz CT molecular complexity index is 662. The Balaban J connectivity index is 0.00000364. The lowest BCUT2D eigenvalue weighted by Gasteiger charge is -2.22. The zero-order valence-electron chi connectivity index (χ0n) is 15.7. The van der Waals surface area contributed by atoms with Crippen LogP contribution in [0.25, 0.3) is 0 Å². The molecule has 1 atom stereocenters. The van der Waals surface area contributed by atoms with Crippen LogP contribution in [0.4, 0.5) is 0 Å². The molecular formula is C18H30ClN3O4S. The predicted octanol–water partition coefficient (Wildman–Crippen LogP) is 1.68. The van der Waals surface area contributed by atoms with E-state index in [1.165, 1.54) is 25.0 Å². The number of nitrogens with one attached hydrogen (secondary N) is 3. The second-order valence-electron chi connectivity index (χ2n) is 6.40. The molecule has 3 N–H and O–H groups in total. The van der Waals surface area contributed by atoms with E-state index in [4.69, 9.17) is 4.74 Å². The summed E-state index contributed by atoms with van der Waals surface area (Å²) in [7, 11) is -3.62. The molecule has 0 aromatic heterocycles. The quantitative estimate of drug-likeness (QED) is 0.536. The SMILES string of the molecule is CCOc1ccc(S(=O)(=O)NCCC(=O)NCCC2CCCNC2)cc1.Cl. The van der Waals surface area contributed by atoms with Gasteiger partial charge in [0.2, 0.25) is 15.9 Å². The summed E-state index contributed by atoms with van der Waals surface area (Å²) in [5.41, 5.74) is 0. The van der Waals surface area contributed by atoms with Crippen molar-refractivity contribution in [2.24, 2.45) is 5.92 Å². The van der Waals surface area contributed by atoms with E-state index in [1.807, 2.05) is 6.92 Å². The molecule has 0 bridgehead atoms. The van der Waals surface area contributed by atoms with Gasteiger partial charge in [-0.15, -0.1) is 12.4 Å². The number of amides is 1. The third-order valence-electron chi connectivity index (χ3n) is 4.36. The molecule has 0 radical (unpaired) electrons. The average molecular weight is 420 g/mol. The second kappa shape index (κ2) is 12.2. The van der Waals surface area contributed by atoms with Crippen molar-refractivity contribution in [1.82, 2.24) is 15.4 Å². The molecule has 1 aliphatic heterocycles. The van der Waals surface area contributed by atoms with Crippen molar-refractivity contribution in [1.29, 1.82) is 0 Å². The maximum absolute atomic E-state index is 12.2. The highest BCUT2D eigenvalue weighted by atomic mass is 35.5. The number of sulfonamides is 1. The second-order valence-corrected chi connectivity index (χ2v) is 8.17. The van der Waals surface area contributed by atoms with E-state index >= 15 is 0 Å². The maximum atomic E-state index is 12.2. The van der Waals surface area contributed by atoms with Crippen LogP contribution >= 0.6 is 12.4 Å². The van der Waals surface area contributed by atoms with E-state index in [0.717, 1.165) is 19.5 Å². The molecule has 0 spiro atoms. The van der Waals surface area contributed by atoms with Gasteiger partial charge < -0.3 is 15.4 Å². The lowest BCUT2D eigenvalue weighted by atomic mass is 9.96. The summed E-state index contributed by atoms with van der Waals surface area (Å²) in [4.78, 5) is 12.0. The standard InChI is InChI=1S/C18H29N3O4S.ClH/c1-2-25-16-5-7-17(8-6-16)26(23,24)21-13-10-18(22)20-12-9-15-4-3-11-19-14-15;/h5-8,15,19,21H,2-4,9-14H2,1H3,(H,20,22);1H. The fraction of sp³-hybridized carbons (Fsp3) is 0.611. The van der Waals surface area contributed by atoms with Crippen molar-refractivity contribution in [3.8, 4) is 5.75 Å². The van der Waals surface area contributed by atoms with Crippen LogP contribution in [0.1, 0.15) is 32.6 Å². The van der Waals surface area contributed by atoms with Crippen LogP contribution in [0.3, 0.4) is 0 Å². The fourth-order valence-electron chi connectivity index (χ4n) is 2.94. The fourth-order valence-corrected chi connectivity index (χ4v) is 3.97. The minimum Gasteiger partial charge on any atom is -0.494 e. The molecule has 0 aliphatic carbocycles. The van der Waals surface area contributed by atoms with Gasteiger partial charge >= 0.3 is 0 Å². The Hall–Kier alpha value is -1.35. The molecule has 7 nitrogen and oxygen atoms in total. The number of piperidine rings is 1.